The van der Waals surface area contributed by atoms with Crippen molar-refractivity contribution >= 4 is 11.6 Å². The van der Waals surface area contributed by atoms with Gasteiger partial charge in [-0.15, -0.1) is 0 Å². The number of rotatable bonds is 8. The molecule has 0 amide bonds. The molecule has 0 spiro atoms. The van der Waals surface area contributed by atoms with Gasteiger partial charge in [0.25, 0.3) is 0 Å². The van der Waals surface area contributed by atoms with Gasteiger partial charge in [0.05, 0.1) is 0 Å². The maximum absolute atomic E-state index is 12.4. The average Bonchev–Trinajstić information content (AvgIpc) is 2.90. The molecule has 2 fully saturated rings. The van der Waals surface area contributed by atoms with Crippen LogP contribution >= 0.6 is 0 Å². The number of aryl methyl sites for hydroxylation is 2. The number of likely N-dealkylation sites (tertiary alicyclic amines) is 2. The molecule has 2 saturated heterocycles. The first-order valence-corrected chi connectivity index (χ1v) is 14.0. The van der Waals surface area contributed by atoms with Crippen LogP contribution in [0.4, 0.5) is 0 Å². The highest BCUT2D eigenvalue weighted by molar-refractivity contribution is 5.99. The van der Waals surface area contributed by atoms with E-state index in [4.69, 9.17) is 0 Å². The standard InChI is InChI=1S/2C16H23NO/c1-13-8-4-5-9-15(13)16(18)14(2)12-17-10-6-3-7-11-17;1-13-6-8-15(9-7-13)16(18)14(2)12-17-10-4-3-5-11-17/h4-5,8-9,14H,3,6-7,10-12H2,1-2H3;6-9,14H,3-5,10-12H2,1-2H3. The minimum absolute atomic E-state index is 0.101. The third-order valence-electron chi connectivity index (χ3n) is 7.60. The van der Waals surface area contributed by atoms with Crippen molar-refractivity contribution in [3.63, 3.8) is 0 Å². The first-order valence-electron chi connectivity index (χ1n) is 14.0. The third kappa shape index (κ3) is 8.67. The zero-order valence-electron chi connectivity index (χ0n) is 23.0. The van der Waals surface area contributed by atoms with Crippen molar-refractivity contribution in [2.45, 2.75) is 66.2 Å². The largest absolute Gasteiger partial charge is 0.303 e. The van der Waals surface area contributed by atoms with Crippen LogP contribution in [0, 0.1) is 25.7 Å². The van der Waals surface area contributed by atoms with Crippen LogP contribution in [-0.2, 0) is 0 Å². The first-order chi connectivity index (χ1) is 17.3. The van der Waals surface area contributed by atoms with E-state index in [0.29, 0.717) is 5.78 Å². The van der Waals surface area contributed by atoms with E-state index >= 15 is 0 Å². The lowest BCUT2D eigenvalue weighted by Crippen LogP contribution is -2.35. The molecule has 2 atom stereocenters. The van der Waals surface area contributed by atoms with E-state index in [-0.39, 0.29) is 17.6 Å². The van der Waals surface area contributed by atoms with Crippen LogP contribution in [0.2, 0.25) is 0 Å². The summed E-state index contributed by atoms with van der Waals surface area (Å²) in [6.45, 7) is 14.6. The maximum Gasteiger partial charge on any atom is 0.167 e. The topological polar surface area (TPSA) is 40.6 Å². The van der Waals surface area contributed by atoms with E-state index in [0.717, 1.165) is 56.0 Å². The molecule has 2 aromatic carbocycles. The first kappa shape index (κ1) is 28.3. The summed E-state index contributed by atoms with van der Waals surface area (Å²) < 4.78 is 0. The van der Waals surface area contributed by atoms with Gasteiger partial charge in [0.2, 0.25) is 0 Å². The zero-order valence-corrected chi connectivity index (χ0v) is 23.0. The van der Waals surface area contributed by atoms with Gasteiger partial charge in [0.15, 0.2) is 11.6 Å². The van der Waals surface area contributed by atoms with Crippen LogP contribution in [-0.4, -0.2) is 60.6 Å². The Balaban J connectivity index is 0.000000201. The number of ketones is 2. The van der Waals surface area contributed by atoms with Gasteiger partial charge in [0.1, 0.15) is 0 Å². The second kappa shape index (κ2) is 14.4. The molecule has 196 valence electrons. The van der Waals surface area contributed by atoms with Crippen LogP contribution in [0.15, 0.2) is 48.5 Å². The van der Waals surface area contributed by atoms with E-state index in [2.05, 4.69) is 23.6 Å². The minimum Gasteiger partial charge on any atom is -0.303 e. The monoisotopic (exact) mass is 490 g/mol. The van der Waals surface area contributed by atoms with E-state index in [1.54, 1.807) is 0 Å². The van der Waals surface area contributed by atoms with Crippen molar-refractivity contribution < 1.29 is 9.59 Å². The third-order valence-corrected chi connectivity index (χ3v) is 7.60. The molecule has 2 aliphatic rings. The molecule has 0 saturated carbocycles. The summed E-state index contributed by atoms with van der Waals surface area (Å²) in [7, 11) is 0. The summed E-state index contributed by atoms with van der Waals surface area (Å²) in [5.41, 5.74) is 4.04. The molecule has 0 bridgehead atoms. The van der Waals surface area contributed by atoms with Crippen molar-refractivity contribution in [3.05, 3.63) is 70.8 Å². The fourth-order valence-corrected chi connectivity index (χ4v) is 5.34. The molecule has 0 aliphatic carbocycles. The van der Waals surface area contributed by atoms with Gasteiger partial charge in [-0.05, 0) is 71.3 Å². The Morgan fingerprint density at radius 2 is 1.14 bits per heavy atom. The molecule has 0 aromatic heterocycles. The number of Topliss-reactive ketones (excluding diaryl/α,β-unsaturated/α-hetero) is 2. The molecule has 0 N–H and O–H groups in total. The average molecular weight is 491 g/mol. The highest BCUT2D eigenvalue weighted by Crippen LogP contribution is 2.17. The predicted octanol–water partition coefficient (Wildman–Crippen LogP) is 6.60. The molecular weight excluding hydrogens is 444 g/mol. The molecule has 0 radical (unpaired) electrons. The number of hydrogen-bond acceptors (Lipinski definition) is 4. The van der Waals surface area contributed by atoms with Gasteiger partial charge in [-0.1, -0.05) is 80.8 Å². The summed E-state index contributed by atoms with van der Waals surface area (Å²) in [4.78, 5) is 29.6. The number of hydrogen-bond donors (Lipinski definition) is 0. The molecule has 4 heteroatoms. The van der Waals surface area contributed by atoms with Crippen LogP contribution in [0.1, 0.15) is 84.2 Å². The maximum atomic E-state index is 12.4. The van der Waals surface area contributed by atoms with Crippen molar-refractivity contribution in [1.29, 1.82) is 0 Å². The number of piperidine rings is 2. The SMILES string of the molecule is Cc1ccc(C(=O)C(C)CN2CCCCC2)cc1.Cc1ccccc1C(=O)C(C)CN1CCCCC1. The molecule has 4 rings (SSSR count). The molecule has 2 heterocycles. The Kier molecular flexibility index (Phi) is 11.3. The Hall–Kier alpha value is -2.30. The van der Waals surface area contributed by atoms with Crippen molar-refractivity contribution in [2.24, 2.45) is 11.8 Å². The quantitative estimate of drug-likeness (QED) is 0.391. The van der Waals surface area contributed by atoms with Gasteiger partial charge in [-0.2, -0.15) is 0 Å². The second-order valence-electron chi connectivity index (χ2n) is 10.9. The smallest absolute Gasteiger partial charge is 0.167 e. The number of carbonyl (C=O) groups excluding carboxylic acids is 2. The zero-order chi connectivity index (χ0) is 25.9. The van der Waals surface area contributed by atoms with Gasteiger partial charge in [-0.3, -0.25) is 9.59 Å². The van der Waals surface area contributed by atoms with Crippen molar-refractivity contribution in [2.75, 3.05) is 39.3 Å². The van der Waals surface area contributed by atoms with E-state index in [1.807, 2.05) is 62.4 Å². The van der Waals surface area contributed by atoms with Crippen LogP contribution in [0.25, 0.3) is 0 Å². The van der Waals surface area contributed by atoms with E-state index in [9.17, 15) is 9.59 Å². The summed E-state index contributed by atoms with van der Waals surface area (Å²) in [6.07, 6.45) is 7.82. The fraction of sp³-hybridized carbons (Fsp3) is 0.562. The number of nitrogens with zero attached hydrogens (tertiary/aromatic N) is 2. The van der Waals surface area contributed by atoms with Crippen LogP contribution in [0.3, 0.4) is 0 Å². The second-order valence-corrected chi connectivity index (χ2v) is 10.9. The van der Waals surface area contributed by atoms with Gasteiger partial charge < -0.3 is 9.80 Å². The van der Waals surface area contributed by atoms with Crippen molar-refractivity contribution in [3.8, 4) is 0 Å². The van der Waals surface area contributed by atoms with Gasteiger partial charge >= 0.3 is 0 Å². The van der Waals surface area contributed by atoms with Gasteiger partial charge in [-0.25, -0.2) is 0 Å². The summed E-state index contributed by atoms with van der Waals surface area (Å²) in [5.74, 6) is 0.772. The Morgan fingerprint density at radius 3 is 1.64 bits per heavy atom. The highest BCUT2D eigenvalue weighted by atomic mass is 16.1. The fourth-order valence-electron chi connectivity index (χ4n) is 5.34. The summed E-state index contributed by atoms with van der Waals surface area (Å²) in [5, 5.41) is 0. The Bertz CT molecular complexity index is 956. The number of benzene rings is 2. The predicted molar refractivity (Wildman–Crippen MR) is 150 cm³/mol. The Morgan fingerprint density at radius 1 is 0.667 bits per heavy atom. The molecule has 2 unspecified atom stereocenters. The molecule has 4 nitrogen and oxygen atoms in total. The van der Waals surface area contributed by atoms with E-state index in [1.165, 1.54) is 44.1 Å². The van der Waals surface area contributed by atoms with Crippen LogP contribution in [0.5, 0.6) is 0 Å². The minimum atomic E-state index is 0.101. The number of carbonyl (C=O) groups is 2. The lowest BCUT2D eigenvalue weighted by Gasteiger charge is -2.28. The molecular formula is C32H46N2O2. The summed E-state index contributed by atoms with van der Waals surface area (Å²) in [6, 6.07) is 15.8. The molecule has 36 heavy (non-hydrogen) atoms. The summed E-state index contributed by atoms with van der Waals surface area (Å²) >= 11 is 0. The molecule has 2 aliphatic heterocycles. The highest BCUT2D eigenvalue weighted by Gasteiger charge is 2.21. The van der Waals surface area contributed by atoms with Crippen molar-refractivity contribution in [1.82, 2.24) is 9.80 Å². The normalized spacial score (nSPS) is 18.6. The lowest BCUT2D eigenvalue weighted by molar-refractivity contribution is 0.0876. The van der Waals surface area contributed by atoms with Gasteiger partial charge in [0, 0.05) is 36.1 Å². The lowest BCUT2D eigenvalue weighted by atomic mass is 9.95. The van der Waals surface area contributed by atoms with E-state index < -0.39 is 0 Å². The Labute approximate surface area is 219 Å². The van der Waals surface area contributed by atoms with Crippen LogP contribution < -0.4 is 0 Å². The molecule has 2 aromatic rings.